The van der Waals surface area contributed by atoms with E-state index < -0.39 is 0 Å². The highest BCUT2D eigenvalue weighted by atomic mass is 16.1. The number of hydrazone groups is 1. The first-order valence-electron chi connectivity index (χ1n) is 3.43. The largest absolute Gasteiger partial charge is 0.264 e. The van der Waals surface area contributed by atoms with Crippen molar-refractivity contribution in [1.29, 1.82) is 0 Å². The number of hydrazine groups is 2. The van der Waals surface area contributed by atoms with Gasteiger partial charge in [0.1, 0.15) is 0 Å². The van der Waals surface area contributed by atoms with Crippen molar-refractivity contribution in [3.8, 4) is 0 Å². The molecule has 0 unspecified atom stereocenters. The maximum absolute atomic E-state index is 4.03. The van der Waals surface area contributed by atoms with Crippen LogP contribution in [-0.4, -0.2) is 21.6 Å². The highest BCUT2D eigenvalue weighted by Gasteiger charge is 2.32. The lowest BCUT2D eigenvalue weighted by Crippen LogP contribution is -2.35. The third-order valence-corrected chi connectivity index (χ3v) is 1.64. The molecule has 0 aromatic carbocycles. The minimum absolute atomic E-state index is 0.836. The van der Waals surface area contributed by atoms with E-state index >= 15 is 0 Å². The molecule has 3 heterocycles. The Labute approximate surface area is 67.8 Å². The van der Waals surface area contributed by atoms with Crippen molar-refractivity contribution in [2.75, 3.05) is 0 Å². The van der Waals surface area contributed by atoms with Gasteiger partial charge < -0.3 is 0 Å². The lowest BCUT2D eigenvalue weighted by molar-refractivity contribution is -0.000265. The Hall–Kier alpha value is -2.05. The van der Waals surface area contributed by atoms with Crippen molar-refractivity contribution in [3.63, 3.8) is 0 Å². The van der Waals surface area contributed by atoms with E-state index in [0.717, 1.165) is 5.82 Å². The van der Waals surface area contributed by atoms with Crippen molar-refractivity contribution in [2.24, 2.45) is 15.5 Å². The van der Waals surface area contributed by atoms with Crippen LogP contribution in [-0.2, 0) is 0 Å². The van der Waals surface area contributed by atoms with Crippen LogP contribution in [0.5, 0.6) is 0 Å². The van der Waals surface area contributed by atoms with Crippen molar-refractivity contribution in [3.05, 3.63) is 24.3 Å². The van der Waals surface area contributed by atoms with Gasteiger partial charge in [-0.1, -0.05) is 10.3 Å². The number of nitrogens with one attached hydrogen (secondary N) is 1. The second-order valence-corrected chi connectivity index (χ2v) is 2.34. The van der Waals surface area contributed by atoms with Crippen LogP contribution < -0.4 is 5.43 Å². The van der Waals surface area contributed by atoms with E-state index in [1.54, 1.807) is 34.8 Å². The second-order valence-electron chi connectivity index (χ2n) is 2.34. The summed E-state index contributed by atoms with van der Waals surface area (Å²) in [5.41, 5.74) is 2.89. The summed E-state index contributed by atoms with van der Waals surface area (Å²) in [6.07, 6.45) is 6.99. The van der Waals surface area contributed by atoms with E-state index in [0.29, 0.717) is 0 Å². The first-order chi connectivity index (χ1) is 5.95. The number of nitrogens with zero attached hydrogens (tertiary/aromatic N) is 6. The minimum Gasteiger partial charge on any atom is -0.264 e. The molecule has 1 N–H and O–H groups in total. The average molecular weight is 163 g/mol. The Bertz CT molecular complexity index is 327. The molecule has 0 spiro atoms. The van der Waals surface area contributed by atoms with Crippen molar-refractivity contribution >= 4 is 6.21 Å². The lowest BCUT2D eigenvalue weighted by Gasteiger charge is -2.18. The summed E-state index contributed by atoms with van der Waals surface area (Å²) in [6.45, 7) is 0. The molecule has 7 heteroatoms. The molecule has 0 aliphatic carbocycles. The van der Waals surface area contributed by atoms with Crippen LogP contribution in [0.1, 0.15) is 0 Å². The normalized spacial score (nSPS) is 22.7. The summed E-state index contributed by atoms with van der Waals surface area (Å²) < 4.78 is 0. The molecule has 3 aliphatic rings. The van der Waals surface area contributed by atoms with Crippen molar-refractivity contribution in [2.45, 2.75) is 0 Å². The zero-order valence-corrected chi connectivity index (χ0v) is 5.99. The fraction of sp³-hybridized carbons (Fsp3) is 0. The van der Waals surface area contributed by atoms with Crippen LogP contribution in [0.3, 0.4) is 0 Å². The topological polar surface area (TPSA) is 58.8 Å². The van der Waals surface area contributed by atoms with E-state index in [9.17, 15) is 0 Å². The van der Waals surface area contributed by atoms with Crippen molar-refractivity contribution in [1.82, 2.24) is 20.8 Å². The van der Waals surface area contributed by atoms with Gasteiger partial charge >= 0.3 is 0 Å². The monoisotopic (exact) mass is 163 g/mol. The zero-order chi connectivity index (χ0) is 7.97. The average Bonchev–Trinajstić information content (AvgIpc) is 2.65. The molecular weight excluding hydrogens is 158 g/mol. The first kappa shape index (κ1) is 5.58. The molecule has 60 valence electrons. The Balaban J connectivity index is 2.13. The van der Waals surface area contributed by atoms with Crippen LogP contribution in [0.15, 0.2) is 39.8 Å². The number of allylic oxidation sites excluding steroid dienone is 1. The Kier molecular flexibility index (Phi) is 0.817. The van der Waals surface area contributed by atoms with E-state index in [1.807, 2.05) is 0 Å². The van der Waals surface area contributed by atoms with E-state index in [4.69, 9.17) is 0 Å². The van der Waals surface area contributed by atoms with Crippen LogP contribution in [0, 0.1) is 0 Å². The molecule has 0 aromatic rings. The third kappa shape index (κ3) is 0.529. The summed E-state index contributed by atoms with van der Waals surface area (Å²) in [7, 11) is 0. The molecule has 3 rings (SSSR count). The van der Waals surface area contributed by atoms with Crippen LogP contribution >= 0.6 is 0 Å². The smallest absolute Gasteiger partial charge is 0.198 e. The third-order valence-electron chi connectivity index (χ3n) is 1.64. The SMILES string of the molecule is C1=CN2N=NN3C2=CNN3N=C1. The number of hydrogen-bond acceptors (Lipinski definition) is 7. The van der Waals surface area contributed by atoms with E-state index in [2.05, 4.69) is 21.0 Å². The van der Waals surface area contributed by atoms with Gasteiger partial charge in [0, 0.05) is 6.20 Å². The van der Waals surface area contributed by atoms with Gasteiger partial charge in [-0.05, 0) is 16.5 Å². The molecule has 0 aromatic heterocycles. The van der Waals surface area contributed by atoms with Crippen LogP contribution in [0.25, 0.3) is 0 Å². The quantitative estimate of drug-likeness (QED) is 0.543. The van der Waals surface area contributed by atoms with Gasteiger partial charge in [0.15, 0.2) is 5.82 Å². The lowest BCUT2D eigenvalue weighted by atomic mass is 10.6. The van der Waals surface area contributed by atoms with Crippen molar-refractivity contribution < 1.29 is 0 Å². The predicted molar refractivity (Wildman–Crippen MR) is 39.2 cm³/mol. The zero-order valence-electron chi connectivity index (χ0n) is 5.99. The van der Waals surface area contributed by atoms with Gasteiger partial charge in [0.05, 0.1) is 12.4 Å². The fourth-order valence-electron chi connectivity index (χ4n) is 1.10. The Morgan fingerprint density at radius 3 is 3.33 bits per heavy atom. The van der Waals surface area contributed by atoms with Gasteiger partial charge in [-0.25, -0.2) is 0 Å². The highest BCUT2D eigenvalue weighted by molar-refractivity contribution is 5.70. The molecule has 0 fully saturated rings. The molecule has 4 bridgehead atoms. The molecular formula is C5H5N7. The standard InChI is InChI=1S/C5H5N7/c1-2-6-12-7-4-5-10(3-1)8-9-11(5)12/h1-4,7H. The minimum atomic E-state index is 0.836. The molecule has 0 amide bonds. The second kappa shape index (κ2) is 1.76. The summed E-state index contributed by atoms with van der Waals surface area (Å²) in [5.74, 6) is 0.836. The molecule has 0 atom stereocenters. The van der Waals surface area contributed by atoms with Gasteiger partial charge in [-0.15, -0.1) is 5.10 Å². The fourth-order valence-corrected chi connectivity index (χ4v) is 1.10. The summed E-state index contributed by atoms with van der Waals surface area (Å²) in [4.78, 5) is 0. The van der Waals surface area contributed by atoms with Gasteiger partial charge in [0.2, 0.25) is 0 Å². The summed E-state index contributed by atoms with van der Waals surface area (Å²) >= 11 is 0. The Morgan fingerprint density at radius 1 is 1.33 bits per heavy atom. The highest BCUT2D eigenvalue weighted by Crippen LogP contribution is 2.25. The maximum atomic E-state index is 4.03. The van der Waals surface area contributed by atoms with Gasteiger partial charge in [-0.2, -0.15) is 5.01 Å². The molecule has 3 aliphatic heterocycles. The summed E-state index contributed by atoms with van der Waals surface area (Å²) in [6, 6.07) is 0. The Morgan fingerprint density at radius 2 is 2.33 bits per heavy atom. The number of hydrogen-bond donors (Lipinski definition) is 1. The molecule has 0 saturated carbocycles. The molecule has 0 radical (unpaired) electrons. The van der Waals surface area contributed by atoms with E-state index in [-0.39, 0.29) is 0 Å². The first-order valence-corrected chi connectivity index (χ1v) is 3.43. The number of rotatable bonds is 0. The van der Waals surface area contributed by atoms with E-state index in [1.165, 1.54) is 5.23 Å². The maximum Gasteiger partial charge on any atom is 0.198 e. The van der Waals surface area contributed by atoms with Gasteiger partial charge in [-0.3, -0.25) is 5.43 Å². The summed E-state index contributed by atoms with van der Waals surface area (Å²) in [5, 5.41) is 16.4. The van der Waals surface area contributed by atoms with Crippen LogP contribution in [0.4, 0.5) is 0 Å². The molecule has 7 nitrogen and oxygen atoms in total. The molecule has 12 heavy (non-hydrogen) atoms. The van der Waals surface area contributed by atoms with Gasteiger partial charge in [0.25, 0.3) is 0 Å². The predicted octanol–water partition coefficient (Wildman–Crippen LogP) is -0.0666. The van der Waals surface area contributed by atoms with Crippen LogP contribution in [0.2, 0.25) is 0 Å². The molecule has 0 saturated heterocycles.